The molecule has 0 aliphatic carbocycles. The van der Waals surface area contributed by atoms with Gasteiger partial charge in [-0.05, 0) is 63.8 Å². The van der Waals surface area contributed by atoms with E-state index in [0.29, 0.717) is 73.6 Å². The topological polar surface area (TPSA) is 90.2 Å². The van der Waals surface area contributed by atoms with Crippen molar-refractivity contribution in [1.29, 1.82) is 0 Å². The Labute approximate surface area is 211 Å². The van der Waals surface area contributed by atoms with Gasteiger partial charge >= 0.3 is 0 Å². The van der Waals surface area contributed by atoms with Gasteiger partial charge < -0.3 is 28.8 Å². The molecule has 0 atom stereocenters. The number of carbonyl (C=O) groups is 2. The zero-order valence-corrected chi connectivity index (χ0v) is 21.2. The van der Waals surface area contributed by atoms with E-state index in [0.717, 1.165) is 18.2 Å². The molecule has 3 aromatic rings. The van der Waals surface area contributed by atoms with E-state index in [1.165, 1.54) is 0 Å². The summed E-state index contributed by atoms with van der Waals surface area (Å²) in [5.74, 6) is 1.87. The summed E-state index contributed by atoms with van der Waals surface area (Å²) in [6, 6.07) is 12.8. The molecule has 0 spiro atoms. The molecule has 0 radical (unpaired) electrons. The highest BCUT2D eigenvalue weighted by Crippen LogP contribution is 2.39. The van der Waals surface area contributed by atoms with Crippen molar-refractivity contribution in [3.8, 4) is 17.2 Å². The van der Waals surface area contributed by atoms with Crippen LogP contribution in [0.3, 0.4) is 0 Å². The fraction of sp³-hybridized carbons (Fsp3) is 0.429. The maximum absolute atomic E-state index is 13.0. The first kappa shape index (κ1) is 25.4. The van der Waals surface area contributed by atoms with Gasteiger partial charge in [0.2, 0.25) is 5.75 Å². The number of nitrogens with zero attached hydrogens (tertiary/aromatic N) is 1. The molecule has 192 valence electrons. The minimum Gasteiger partial charge on any atom is -0.490 e. The third-order valence-corrected chi connectivity index (χ3v) is 6.26. The molecule has 1 aromatic heterocycles. The fourth-order valence-corrected chi connectivity index (χ4v) is 4.44. The lowest BCUT2D eigenvalue weighted by molar-refractivity contribution is 0.0655. The van der Waals surface area contributed by atoms with Crippen LogP contribution in [0.15, 0.2) is 46.9 Å². The van der Waals surface area contributed by atoms with E-state index < -0.39 is 0 Å². The van der Waals surface area contributed by atoms with E-state index in [-0.39, 0.29) is 17.7 Å². The summed E-state index contributed by atoms with van der Waals surface area (Å²) < 4.78 is 22.9. The Morgan fingerprint density at radius 1 is 0.944 bits per heavy atom. The standard InChI is InChI=1S/C28H34N2O6/c1-4-33-23-16-21(17-24(34-5-2)26(23)35-6-3)27(31)29-18-19-11-13-30(14-12-19)28(32)25-15-20-9-7-8-10-22(20)36-25/h7-10,15-17,19H,4-6,11-14,18H2,1-3H3,(H,29,31). The maximum Gasteiger partial charge on any atom is 0.289 e. The van der Waals surface area contributed by atoms with Crippen LogP contribution in [0, 0.1) is 5.92 Å². The summed E-state index contributed by atoms with van der Waals surface area (Å²) in [7, 11) is 0. The molecule has 1 aliphatic rings. The van der Waals surface area contributed by atoms with Crippen LogP contribution in [-0.4, -0.2) is 56.2 Å². The molecule has 0 bridgehead atoms. The Kier molecular flexibility index (Phi) is 8.36. The van der Waals surface area contributed by atoms with Gasteiger partial charge in [-0.2, -0.15) is 0 Å². The molecule has 2 heterocycles. The van der Waals surface area contributed by atoms with Gasteiger partial charge in [0.05, 0.1) is 19.8 Å². The van der Waals surface area contributed by atoms with Crippen molar-refractivity contribution in [3.63, 3.8) is 0 Å². The summed E-state index contributed by atoms with van der Waals surface area (Å²) >= 11 is 0. The minimum absolute atomic E-state index is 0.0880. The molecule has 4 rings (SSSR count). The van der Waals surface area contributed by atoms with Crippen molar-refractivity contribution >= 4 is 22.8 Å². The van der Waals surface area contributed by atoms with E-state index in [1.807, 2.05) is 49.9 Å². The second kappa shape index (κ2) is 11.8. The van der Waals surface area contributed by atoms with Gasteiger partial charge in [-0.15, -0.1) is 0 Å². The maximum atomic E-state index is 13.0. The monoisotopic (exact) mass is 494 g/mol. The summed E-state index contributed by atoms with van der Waals surface area (Å²) in [6.45, 7) is 8.80. The number of amides is 2. The molecule has 2 amide bonds. The van der Waals surface area contributed by atoms with Crippen molar-refractivity contribution < 1.29 is 28.2 Å². The summed E-state index contributed by atoms with van der Waals surface area (Å²) in [5.41, 5.74) is 1.18. The van der Waals surface area contributed by atoms with Crippen LogP contribution in [0.5, 0.6) is 17.2 Å². The van der Waals surface area contributed by atoms with Gasteiger partial charge in [-0.25, -0.2) is 0 Å². The number of para-hydroxylation sites is 1. The predicted molar refractivity (Wildman–Crippen MR) is 137 cm³/mol. The van der Waals surface area contributed by atoms with E-state index in [9.17, 15) is 9.59 Å². The quantitative estimate of drug-likeness (QED) is 0.431. The Bertz CT molecular complexity index is 1140. The SMILES string of the molecule is CCOc1cc(C(=O)NCC2CCN(C(=O)c3cc4ccccc4o3)CC2)cc(OCC)c1OCC. The second-order valence-electron chi connectivity index (χ2n) is 8.69. The Balaban J connectivity index is 1.34. The van der Waals surface area contributed by atoms with Crippen LogP contribution in [-0.2, 0) is 0 Å². The number of ether oxygens (including phenoxy) is 3. The van der Waals surface area contributed by atoms with Gasteiger partial charge in [0, 0.05) is 30.6 Å². The molecule has 8 nitrogen and oxygen atoms in total. The number of hydrogen-bond acceptors (Lipinski definition) is 6. The molecular formula is C28H34N2O6. The van der Waals surface area contributed by atoms with Gasteiger partial charge in [0.1, 0.15) is 5.58 Å². The van der Waals surface area contributed by atoms with Crippen LogP contribution in [0.4, 0.5) is 0 Å². The number of likely N-dealkylation sites (tertiary alicyclic amines) is 1. The van der Waals surface area contributed by atoms with Crippen LogP contribution in [0.1, 0.15) is 54.5 Å². The minimum atomic E-state index is -0.194. The molecule has 1 fully saturated rings. The van der Waals surface area contributed by atoms with Crippen LogP contribution in [0.2, 0.25) is 0 Å². The van der Waals surface area contributed by atoms with E-state index in [2.05, 4.69) is 5.32 Å². The van der Waals surface area contributed by atoms with E-state index >= 15 is 0 Å². The van der Waals surface area contributed by atoms with Crippen molar-refractivity contribution in [2.24, 2.45) is 5.92 Å². The van der Waals surface area contributed by atoms with Gasteiger partial charge in [-0.3, -0.25) is 9.59 Å². The van der Waals surface area contributed by atoms with Crippen molar-refractivity contribution in [1.82, 2.24) is 10.2 Å². The van der Waals surface area contributed by atoms with Gasteiger partial charge in [-0.1, -0.05) is 18.2 Å². The van der Waals surface area contributed by atoms with Crippen molar-refractivity contribution in [2.75, 3.05) is 39.5 Å². The molecule has 1 saturated heterocycles. The first-order valence-electron chi connectivity index (χ1n) is 12.7. The van der Waals surface area contributed by atoms with Gasteiger partial charge in [0.25, 0.3) is 11.8 Å². The van der Waals surface area contributed by atoms with Gasteiger partial charge in [0.15, 0.2) is 17.3 Å². The molecule has 0 unspecified atom stereocenters. The zero-order valence-electron chi connectivity index (χ0n) is 21.2. The number of benzene rings is 2. The molecule has 2 aromatic carbocycles. The highest BCUT2D eigenvalue weighted by molar-refractivity contribution is 5.96. The largest absolute Gasteiger partial charge is 0.490 e. The zero-order chi connectivity index (χ0) is 25.5. The second-order valence-corrected chi connectivity index (χ2v) is 8.69. The molecule has 36 heavy (non-hydrogen) atoms. The van der Waals surface area contributed by atoms with Crippen molar-refractivity contribution in [3.05, 3.63) is 53.8 Å². The molecule has 8 heteroatoms. The Morgan fingerprint density at radius 2 is 1.58 bits per heavy atom. The Morgan fingerprint density at radius 3 is 2.19 bits per heavy atom. The van der Waals surface area contributed by atoms with E-state index in [1.54, 1.807) is 18.2 Å². The summed E-state index contributed by atoms with van der Waals surface area (Å²) in [6.07, 6.45) is 1.62. The fourth-order valence-electron chi connectivity index (χ4n) is 4.44. The molecular weight excluding hydrogens is 460 g/mol. The van der Waals surface area contributed by atoms with Crippen molar-refractivity contribution in [2.45, 2.75) is 33.6 Å². The summed E-state index contributed by atoms with van der Waals surface area (Å²) in [4.78, 5) is 27.7. The first-order valence-corrected chi connectivity index (χ1v) is 12.7. The highest BCUT2D eigenvalue weighted by atomic mass is 16.5. The number of hydrogen-bond donors (Lipinski definition) is 1. The average molecular weight is 495 g/mol. The molecule has 1 N–H and O–H groups in total. The third kappa shape index (κ3) is 5.75. The summed E-state index contributed by atoms with van der Waals surface area (Å²) in [5, 5.41) is 3.96. The number of nitrogens with one attached hydrogen (secondary N) is 1. The Hall–Kier alpha value is -3.68. The normalized spacial score (nSPS) is 14.0. The third-order valence-electron chi connectivity index (χ3n) is 6.26. The first-order chi connectivity index (χ1) is 17.5. The lowest BCUT2D eigenvalue weighted by atomic mass is 9.96. The molecule has 0 saturated carbocycles. The number of rotatable bonds is 10. The number of piperidine rings is 1. The average Bonchev–Trinajstić information content (AvgIpc) is 3.33. The molecule has 1 aliphatic heterocycles. The predicted octanol–water partition coefficient (Wildman–Crippen LogP) is 4.91. The van der Waals surface area contributed by atoms with Crippen LogP contribution < -0.4 is 19.5 Å². The lowest BCUT2D eigenvalue weighted by Gasteiger charge is -2.31. The number of furan rings is 1. The lowest BCUT2D eigenvalue weighted by Crippen LogP contribution is -2.41. The van der Waals surface area contributed by atoms with E-state index in [4.69, 9.17) is 18.6 Å². The van der Waals surface area contributed by atoms with Crippen LogP contribution in [0.25, 0.3) is 11.0 Å². The smallest absolute Gasteiger partial charge is 0.289 e. The number of fused-ring (bicyclic) bond motifs is 1. The highest BCUT2D eigenvalue weighted by Gasteiger charge is 2.26. The number of carbonyl (C=O) groups excluding carboxylic acids is 2. The van der Waals surface area contributed by atoms with Crippen LogP contribution >= 0.6 is 0 Å².